The Kier molecular flexibility index (Phi) is 6.87. The number of ketones is 1. The van der Waals surface area contributed by atoms with Crippen molar-refractivity contribution >= 4 is 22.3 Å². The molecule has 3 aromatic rings. The number of H-pyrrole nitrogens is 1. The number of hydrogen-bond acceptors (Lipinski definition) is 3. The van der Waals surface area contributed by atoms with E-state index in [1.165, 1.54) is 5.39 Å². The van der Waals surface area contributed by atoms with Gasteiger partial charge in [-0.2, -0.15) is 0 Å². The lowest BCUT2D eigenvalue weighted by Gasteiger charge is -2.27. The average Bonchev–Trinajstić information content (AvgIpc) is 3.22. The van der Waals surface area contributed by atoms with Crippen LogP contribution in [0.2, 0.25) is 0 Å². The predicted molar refractivity (Wildman–Crippen MR) is 137 cm³/mol. The van der Waals surface area contributed by atoms with Crippen molar-refractivity contribution in [2.45, 2.75) is 59.5 Å². The number of nitrogens with one attached hydrogen (secondary N) is 1. The van der Waals surface area contributed by atoms with Crippen molar-refractivity contribution in [1.29, 1.82) is 0 Å². The molecule has 1 heterocycles. The van der Waals surface area contributed by atoms with E-state index < -0.39 is 0 Å². The number of likely N-dealkylation sites (N-methyl/N-ethyl adjacent to an activating group) is 1. The second kappa shape index (κ2) is 9.66. The van der Waals surface area contributed by atoms with Gasteiger partial charge in [0, 0.05) is 41.2 Å². The van der Waals surface area contributed by atoms with E-state index in [0.717, 1.165) is 59.4 Å². The van der Waals surface area contributed by atoms with Crippen LogP contribution in [0, 0.1) is 5.41 Å². The maximum atomic E-state index is 12.6. The van der Waals surface area contributed by atoms with Crippen LogP contribution in [0.3, 0.4) is 0 Å². The second-order valence-electron chi connectivity index (χ2n) is 9.95. The molecule has 1 atom stereocenters. The highest BCUT2D eigenvalue weighted by Gasteiger charge is 2.26. The van der Waals surface area contributed by atoms with Gasteiger partial charge in [0.15, 0.2) is 5.78 Å². The summed E-state index contributed by atoms with van der Waals surface area (Å²) in [5.41, 5.74) is 6.46. The van der Waals surface area contributed by atoms with Crippen LogP contribution in [-0.4, -0.2) is 40.0 Å². The van der Waals surface area contributed by atoms with E-state index in [1.54, 1.807) is 0 Å². The fourth-order valence-corrected chi connectivity index (χ4v) is 4.90. The number of fused-ring (bicyclic) bond motifs is 1. The lowest BCUT2D eigenvalue weighted by molar-refractivity contribution is -0.114. The first-order valence-electron chi connectivity index (χ1n) is 12.2. The third-order valence-corrected chi connectivity index (χ3v) is 6.99. The van der Waals surface area contributed by atoms with Gasteiger partial charge in [0.1, 0.15) is 0 Å². The number of aromatic amines is 1. The molecule has 1 aliphatic rings. The topological polar surface area (TPSA) is 56.3 Å². The highest BCUT2D eigenvalue weighted by Crippen LogP contribution is 2.36. The van der Waals surface area contributed by atoms with Gasteiger partial charge in [-0.05, 0) is 65.8 Å². The van der Waals surface area contributed by atoms with E-state index in [4.69, 9.17) is 0 Å². The van der Waals surface area contributed by atoms with Crippen molar-refractivity contribution in [2.75, 3.05) is 13.2 Å². The summed E-state index contributed by atoms with van der Waals surface area (Å²) in [6.45, 7) is 10.5. The molecular weight excluding hydrogens is 408 g/mol. The van der Waals surface area contributed by atoms with Gasteiger partial charge in [0.05, 0.1) is 6.61 Å². The number of benzene rings is 2. The molecule has 4 nitrogen and oxygen atoms in total. The smallest absolute Gasteiger partial charge is 0.163 e. The summed E-state index contributed by atoms with van der Waals surface area (Å²) in [5, 5.41) is 10.9. The van der Waals surface area contributed by atoms with Gasteiger partial charge < -0.3 is 10.1 Å². The highest BCUT2D eigenvalue weighted by molar-refractivity contribution is 6.21. The monoisotopic (exact) mass is 444 g/mol. The molecule has 4 rings (SSSR count). The van der Waals surface area contributed by atoms with Crippen molar-refractivity contribution in [3.05, 3.63) is 65.9 Å². The molecule has 174 valence electrons. The first kappa shape index (κ1) is 23.5. The first-order valence-corrected chi connectivity index (χ1v) is 12.2. The molecule has 1 unspecified atom stereocenters. The van der Waals surface area contributed by atoms with Crippen LogP contribution in [0.5, 0.6) is 0 Å². The largest absolute Gasteiger partial charge is 0.395 e. The summed E-state index contributed by atoms with van der Waals surface area (Å²) in [4.78, 5) is 18.5. The molecule has 0 saturated heterocycles. The number of Topliss-reactive ketones (excluding diaryl/α,β-unsaturated/α-hetero) is 1. The standard InChI is InChI=1S/C29H36N2O2/c1-5-25(19-32)31(6-2)18-24-16-23-15-21(10-11-27(23)30-24)20-8-7-9-22(14-20)26-17-29(3,4)13-12-28(26)33/h7-11,14-17,25,30,32H,5-6,12-13,18-19H2,1-4H3. The number of aromatic nitrogens is 1. The van der Waals surface area contributed by atoms with Crippen molar-refractivity contribution in [3.8, 4) is 11.1 Å². The Morgan fingerprint density at radius 1 is 1.06 bits per heavy atom. The summed E-state index contributed by atoms with van der Waals surface area (Å²) < 4.78 is 0. The van der Waals surface area contributed by atoms with Crippen LogP contribution < -0.4 is 0 Å². The number of hydrogen-bond donors (Lipinski definition) is 2. The molecule has 0 aliphatic heterocycles. The van der Waals surface area contributed by atoms with E-state index in [9.17, 15) is 9.90 Å². The van der Waals surface area contributed by atoms with E-state index in [1.807, 2.05) is 12.1 Å². The van der Waals surface area contributed by atoms with Gasteiger partial charge in [-0.15, -0.1) is 0 Å². The molecule has 0 amide bonds. The van der Waals surface area contributed by atoms with Crippen LogP contribution >= 0.6 is 0 Å². The van der Waals surface area contributed by atoms with Crippen molar-refractivity contribution in [1.82, 2.24) is 9.88 Å². The molecule has 33 heavy (non-hydrogen) atoms. The third-order valence-electron chi connectivity index (χ3n) is 6.99. The maximum absolute atomic E-state index is 12.6. The van der Waals surface area contributed by atoms with Crippen LogP contribution in [0.15, 0.2) is 54.6 Å². The molecule has 4 heteroatoms. The van der Waals surface area contributed by atoms with Gasteiger partial charge in [0.2, 0.25) is 0 Å². The summed E-state index contributed by atoms with van der Waals surface area (Å²) in [6, 6.07) is 17.2. The lowest BCUT2D eigenvalue weighted by atomic mass is 9.77. The number of nitrogens with zero attached hydrogens (tertiary/aromatic N) is 1. The number of allylic oxidation sites excluding steroid dienone is 2. The van der Waals surface area contributed by atoms with Gasteiger partial charge in [-0.25, -0.2) is 0 Å². The summed E-state index contributed by atoms with van der Waals surface area (Å²) in [6.07, 6.45) is 4.61. The quantitative estimate of drug-likeness (QED) is 0.435. The normalized spacial score (nSPS) is 16.9. The van der Waals surface area contributed by atoms with Crippen molar-refractivity contribution in [2.24, 2.45) is 5.41 Å². The Morgan fingerprint density at radius 3 is 2.55 bits per heavy atom. The number of aliphatic hydroxyl groups excluding tert-OH is 1. The van der Waals surface area contributed by atoms with Gasteiger partial charge in [-0.3, -0.25) is 9.69 Å². The van der Waals surface area contributed by atoms with Crippen molar-refractivity contribution in [3.63, 3.8) is 0 Å². The van der Waals surface area contributed by atoms with E-state index in [-0.39, 0.29) is 23.8 Å². The Hall–Kier alpha value is -2.69. The van der Waals surface area contributed by atoms with Crippen LogP contribution in [0.1, 0.15) is 58.2 Å². The number of rotatable bonds is 8. The summed E-state index contributed by atoms with van der Waals surface area (Å²) >= 11 is 0. The molecule has 0 spiro atoms. The zero-order chi connectivity index (χ0) is 23.6. The Balaban J connectivity index is 1.63. The SMILES string of the molecule is CCC(CO)N(CC)Cc1cc2cc(-c3cccc(C4=CC(C)(C)CCC4=O)c3)ccc2[nH]1. The number of carbonyl (C=O) groups is 1. The zero-order valence-electron chi connectivity index (χ0n) is 20.3. The maximum Gasteiger partial charge on any atom is 0.163 e. The van der Waals surface area contributed by atoms with Gasteiger partial charge in [-0.1, -0.05) is 58.0 Å². The van der Waals surface area contributed by atoms with E-state index in [2.05, 4.69) is 80.1 Å². The number of carbonyl (C=O) groups excluding carboxylic acids is 1. The summed E-state index contributed by atoms with van der Waals surface area (Å²) in [5.74, 6) is 0.242. The number of aliphatic hydroxyl groups is 1. The van der Waals surface area contributed by atoms with Gasteiger partial charge >= 0.3 is 0 Å². The first-order chi connectivity index (χ1) is 15.8. The Bertz CT molecular complexity index is 1170. The van der Waals surface area contributed by atoms with E-state index in [0.29, 0.717) is 6.42 Å². The molecule has 0 fully saturated rings. The Morgan fingerprint density at radius 2 is 1.82 bits per heavy atom. The molecule has 2 aromatic carbocycles. The molecule has 0 radical (unpaired) electrons. The molecule has 0 bridgehead atoms. The van der Waals surface area contributed by atoms with Crippen LogP contribution in [-0.2, 0) is 11.3 Å². The predicted octanol–water partition coefficient (Wildman–Crippen LogP) is 6.20. The molecule has 2 N–H and O–H groups in total. The summed E-state index contributed by atoms with van der Waals surface area (Å²) in [7, 11) is 0. The second-order valence-corrected chi connectivity index (χ2v) is 9.95. The fourth-order valence-electron chi connectivity index (χ4n) is 4.90. The average molecular weight is 445 g/mol. The van der Waals surface area contributed by atoms with Crippen LogP contribution in [0.25, 0.3) is 27.6 Å². The minimum atomic E-state index is 0.0544. The van der Waals surface area contributed by atoms with E-state index >= 15 is 0 Å². The van der Waals surface area contributed by atoms with Crippen LogP contribution in [0.4, 0.5) is 0 Å². The Labute approximate surface area is 197 Å². The minimum absolute atomic E-state index is 0.0544. The van der Waals surface area contributed by atoms with Crippen molar-refractivity contribution < 1.29 is 9.90 Å². The zero-order valence-corrected chi connectivity index (χ0v) is 20.3. The fraction of sp³-hybridized carbons (Fsp3) is 0.414. The highest BCUT2D eigenvalue weighted by atomic mass is 16.3. The van der Waals surface area contributed by atoms with Gasteiger partial charge in [0.25, 0.3) is 0 Å². The molecule has 1 aliphatic carbocycles. The lowest BCUT2D eigenvalue weighted by Crippen LogP contribution is -2.36. The molecule has 1 aromatic heterocycles. The minimum Gasteiger partial charge on any atom is -0.395 e. The molecule has 0 saturated carbocycles. The molecular formula is C29H36N2O2. The third kappa shape index (κ3) is 5.13.